The van der Waals surface area contributed by atoms with E-state index in [-0.39, 0.29) is 6.04 Å². The van der Waals surface area contributed by atoms with E-state index in [9.17, 15) is 4.39 Å². The van der Waals surface area contributed by atoms with Crippen molar-refractivity contribution in [3.63, 3.8) is 0 Å². The van der Waals surface area contributed by atoms with Crippen LogP contribution in [0.25, 0.3) is 0 Å². The van der Waals surface area contributed by atoms with Crippen molar-refractivity contribution in [3.05, 3.63) is 21.3 Å². The molecule has 1 rings (SSSR count). The van der Waals surface area contributed by atoms with Crippen molar-refractivity contribution in [2.75, 3.05) is 7.05 Å². The predicted octanol–water partition coefficient (Wildman–Crippen LogP) is 3.41. The smallest absolute Gasteiger partial charge is 0.125 e. The van der Waals surface area contributed by atoms with Crippen LogP contribution in [0.1, 0.15) is 24.8 Å². The monoisotopic (exact) mass is 221 g/mol. The normalized spacial score (nSPS) is 14.5. The summed E-state index contributed by atoms with van der Waals surface area (Å²) in [5.74, 6) is 0. The largest absolute Gasteiger partial charge is 0.310 e. The molecule has 1 unspecified atom stereocenters. The summed E-state index contributed by atoms with van der Waals surface area (Å²) in [6, 6.07) is 1.46. The molecular formula is C9H13ClFNS. The molecule has 1 aromatic heterocycles. The first kappa shape index (κ1) is 11.0. The molecule has 0 saturated heterocycles. The summed E-state index contributed by atoms with van der Waals surface area (Å²) in [6.07, 6.45) is 0. The number of halogens is 2. The van der Waals surface area contributed by atoms with E-state index in [2.05, 4.69) is 5.32 Å². The Hall–Kier alpha value is -0.120. The molecule has 1 N–H and O–H groups in total. The van der Waals surface area contributed by atoms with Crippen molar-refractivity contribution in [3.8, 4) is 0 Å². The molecule has 0 aliphatic heterocycles. The maximum atomic E-state index is 13.7. The highest BCUT2D eigenvalue weighted by molar-refractivity contribution is 7.10. The van der Waals surface area contributed by atoms with Crippen molar-refractivity contribution in [2.45, 2.75) is 25.6 Å². The number of alkyl halides is 1. The van der Waals surface area contributed by atoms with Crippen LogP contribution >= 0.6 is 22.9 Å². The molecule has 0 aliphatic rings. The van der Waals surface area contributed by atoms with Crippen molar-refractivity contribution in [2.24, 2.45) is 0 Å². The third-order valence-corrected chi connectivity index (χ3v) is 3.31. The zero-order valence-electron chi connectivity index (χ0n) is 7.90. The molecule has 0 fully saturated rings. The van der Waals surface area contributed by atoms with Gasteiger partial charge in [-0.05, 0) is 32.3 Å². The molecule has 1 aromatic rings. The molecule has 0 spiro atoms. The molecule has 1 nitrogen and oxygen atoms in total. The van der Waals surface area contributed by atoms with Gasteiger partial charge in [0.05, 0.1) is 11.1 Å². The summed E-state index contributed by atoms with van der Waals surface area (Å²) < 4.78 is 13.7. The number of rotatable bonds is 3. The van der Waals surface area contributed by atoms with Gasteiger partial charge >= 0.3 is 0 Å². The lowest BCUT2D eigenvalue weighted by Gasteiger charge is -2.25. The Morgan fingerprint density at radius 3 is 2.54 bits per heavy atom. The van der Waals surface area contributed by atoms with Crippen molar-refractivity contribution < 1.29 is 4.39 Å². The topological polar surface area (TPSA) is 12.0 Å². The summed E-state index contributed by atoms with van der Waals surface area (Å²) >= 11 is 7.40. The summed E-state index contributed by atoms with van der Waals surface area (Å²) in [4.78, 5) is 0.858. The minimum absolute atomic E-state index is 0.333. The van der Waals surface area contributed by atoms with Gasteiger partial charge in [0.2, 0.25) is 0 Å². The van der Waals surface area contributed by atoms with Gasteiger partial charge < -0.3 is 5.32 Å². The van der Waals surface area contributed by atoms with E-state index < -0.39 is 5.67 Å². The fourth-order valence-corrected chi connectivity index (χ4v) is 2.74. The Balaban J connectivity index is 2.98. The number of nitrogens with one attached hydrogen (secondary N) is 1. The Labute approximate surface area is 86.9 Å². The average molecular weight is 222 g/mol. The second-order valence-corrected chi connectivity index (χ2v) is 4.77. The van der Waals surface area contributed by atoms with Crippen LogP contribution in [0.15, 0.2) is 11.4 Å². The molecule has 0 aliphatic carbocycles. The van der Waals surface area contributed by atoms with Crippen LogP contribution in [0.4, 0.5) is 4.39 Å². The van der Waals surface area contributed by atoms with Gasteiger partial charge in [0.1, 0.15) is 5.67 Å². The number of hydrogen-bond donors (Lipinski definition) is 1. The zero-order chi connectivity index (χ0) is 10.1. The summed E-state index contributed by atoms with van der Waals surface area (Å²) in [5.41, 5.74) is -1.30. The van der Waals surface area contributed by atoms with Gasteiger partial charge in [0.25, 0.3) is 0 Å². The Bertz CT molecular complexity index is 279. The first-order chi connectivity index (χ1) is 5.96. The number of hydrogen-bond acceptors (Lipinski definition) is 2. The van der Waals surface area contributed by atoms with Gasteiger partial charge in [-0.15, -0.1) is 11.3 Å². The molecule has 13 heavy (non-hydrogen) atoms. The summed E-state index contributed by atoms with van der Waals surface area (Å²) in [7, 11) is 1.74. The van der Waals surface area contributed by atoms with Gasteiger partial charge in [-0.3, -0.25) is 0 Å². The average Bonchev–Trinajstić information content (AvgIpc) is 2.35. The van der Waals surface area contributed by atoms with Gasteiger partial charge in [-0.2, -0.15) is 0 Å². The lowest BCUT2D eigenvalue weighted by Crippen LogP contribution is -2.33. The van der Waals surface area contributed by atoms with Crippen LogP contribution in [0.2, 0.25) is 5.02 Å². The number of thiophene rings is 1. The van der Waals surface area contributed by atoms with Crippen molar-refractivity contribution in [1.82, 2.24) is 5.32 Å². The Morgan fingerprint density at radius 2 is 2.23 bits per heavy atom. The minimum Gasteiger partial charge on any atom is -0.310 e. The van der Waals surface area contributed by atoms with Crippen LogP contribution in [0, 0.1) is 0 Å². The Morgan fingerprint density at radius 1 is 1.62 bits per heavy atom. The molecule has 74 valence electrons. The Kier molecular flexibility index (Phi) is 3.33. The molecule has 0 saturated carbocycles. The third kappa shape index (κ3) is 2.42. The fourth-order valence-electron chi connectivity index (χ4n) is 1.30. The van der Waals surface area contributed by atoms with Gasteiger partial charge in [0.15, 0.2) is 0 Å². The first-order valence-corrected chi connectivity index (χ1v) is 5.31. The molecule has 0 bridgehead atoms. The molecule has 1 atom stereocenters. The maximum Gasteiger partial charge on any atom is 0.125 e. The zero-order valence-corrected chi connectivity index (χ0v) is 9.47. The molecule has 1 heterocycles. The van der Waals surface area contributed by atoms with E-state index in [0.29, 0.717) is 5.02 Å². The van der Waals surface area contributed by atoms with E-state index in [4.69, 9.17) is 11.6 Å². The van der Waals surface area contributed by atoms with Gasteiger partial charge in [0, 0.05) is 4.88 Å². The standard InChI is InChI=1S/C9H13ClFNS/c1-9(2,11)8(12-3)7-6(10)4-5-13-7/h4-5,8,12H,1-3H3. The second-order valence-electron chi connectivity index (χ2n) is 3.42. The van der Waals surface area contributed by atoms with Crippen LogP contribution in [0.5, 0.6) is 0 Å². The van der Waals surface area contributed by atoms with Crippen LogP contribution in [0.3, 0.4) is 0 Å². The molecule has 0 amide bonds. The first-order valence-electron chi connectivity index (χ1n) is 4.06. The molecular weight excluding hydrogens is 209 g/mol. The quantitative estimate of drug-likeness (QED) is 0.825. The molecule has 0 aromatic carbocycles. The summed E-state index contributed by atoms with van der Waals surface area (Å²) in [5, 5.41) is 5.44. The summed E-state index contributed by atoms with van der Waals surface area (Å²) in [6.45, 7) is 3.09. The van der Waals surface area contributed by atoms with Gasteiger partial charge in [-0.25, -0.2) is 4.39 Å². The van der Waals surface area contributed by atoms with Crippen molar-refractivity contribution >= 4 is 22.9 Å². The lowest BCUT2D eigenvalue weighted by molar-refractivity contribution is 0.157. The predicted molar refractivity (Wildman–Crippen MR) is 56.3 cm³/mol. The van der Waals surface area contributed by atoms with E-state index in [1.54, 1.807) is 27.0 Å². The highest BCUT2D eigenvalue weighted by Crippen LogP contribution is 2.36. The van der Waals surface area contributed by atoms with E-state index in [1.807, 2.05) is 5.38 Å². The van der Waals surface area contributed by atoms with Crippen LogP contribution in [-0.2, 0) is 0 Å². The second kappa shape index (κ2) is 3.95. The molecule has 0 radical (unpaired) electrons. The van der Waals surface area contributed by atoms with E-state index in [0.717, 1.165) is 4.88 Å². The SMILES string of the molecule is CNC(c1sccc1Cl)C(C)(C)F. The minimum atomic E-state index is -1.30. The molecule has 4 heteroatoms. The lowest BCUT2D eigenvalue weighted by atomic mass is 10.00. The van der Waals surface area contributed by atoms with E-state index >= 15 is 0 Å². The van der Waals surface area contributed by atoms with Crippen LogP contribution < -0.4 is 5.32 Å². The fraction of sp³-hybridized carbons (Fsp3) is 0.556. The highest BCUT2D eigenvalue weighted by Gasteiger charge is 2.31. The third-order valence-electron chi connectivity index (χ3n) is 1.88. The van der Waals surface area contributed by atoms with E-state index in [1.165, 1.54) is 11.3 Å². The van der Waals surface area contributed by atoms with Crippen LogP contribution in [-0.4, -0.2) is 12.7 Å². The van der Waals surface area contributed by atoms with Gasteiger partial charge in [-0.1, -0.05) is 11.6 Å². The van der Waals surface area contributed by atoms with Crippen molar-refractivity contribution in [1.29, 1.82) is 0 Å². The maximum absolute atomic E-state index is 13.7. The highest BCUT2D eigenvalue weighted by atomic mass is 35.5.